The van der Waals surface area contributed by atoms with Gasteiger partial charge in [0.1, 0.15) is 23.3 Å². The molecule has 3 rings (SSSR count). The highest BCUT2D eigenvalue weighted by molar-refractivity contribution is 5.66. The Hall–Kier alpha value is -3.17. The lowest BCUT2D eigenvalue weighted by Gasteiger charge is -2.19. The quantitative estimate of drug-likeness (QED) is 0.481. The summed E-state index contributed by atoms with van der Waals surface area (Å²) >= 11 is 0. The number of hydrogen-bond donors (Lipinski definition) is 1. The van der Waals surface area contributed by atoms with E-state index >= 15 is 0 Å². The third-order valence-corrected chi connectivity index (χ3v) is 4.08. The van der Waals surface area contributed by atoms with Gasteiger partial charge in [-0.15, -0.1) is 13.2 Å². The van der Waals surface area contributed by atoms with Gasteiger partial charge in [-0.05, 0) is 36.4 Å². The number of rotatable bonds is 5. The van der Waals surface area contributed by atoms with Gasteiger partial charge in [0, 0.05) is 24.7 Å². The Labute approximate surface area is 152 Å². The van der Waals surface area contributed by atoms with Crippen molar-refractivity contribution in [3.8, 4) is 11.5 Å². The monoisotopic (exact) mass is 383 g/mol. The van der Waals surface area contributed by atoms with Gasteiger partial charge in [0.2, 0.25) is 0 Å². The Kier molecular flexibility index (Phi) is 4.98. The van der Waals surface area contributed by atoms with Gasteiger partial charge in [-0.25, -0.2) is 0 Å². The van der Waals surface area contributed by atoms with Crippen LogP contribution in [0.4, 0.5) is 30.2 Å². The predicted molar refractivity (Wildman–Crippen MR) is 91.9 cm³/mol. The van der Waals surface area contributed by atoms with Crippen molar-refractivity contribution in [3.63, 3.8) is 0 Å². The minimum absolute atomic E-state index is 0.0853. The maximum absolute atomic E-state index is 12.2. The first kappa shape index (κ1) is 18.6. The molecule has 1 aliphatic rings. The second kappa shape index (κ2) is 7.22. The average Bonchev–Trinajstić information content (AvgIpc) is 3.03. The third-order valence-electron chi connectivity index (χ3n) is 4.08. The molecule has 2 aromatic carbocycles. The van der Waals surface area contributed by atoms with Gasteiger partial charge in [-0.1, -0.05) is 0 Å². The Morgan fingerprint density at radius 1 is 1.15 bits per heavy atom. The molecular formula is C17H16F3N3O4. The standard InChI is InChI=1S/C17H16F3N3O4/c18-17(19,20)27-13-4-2-12(3-5-13)26-14-7-8-22(10-14)11-1-6-16(23(24)25)15(21)9-11/h1-6,9,14H,7-8,10,21H2. The van der Waals surface area contributed by atoms with Crippen LogP contribution < -0.4 is 20.1 Å². The summed E-state index contributed by atoms with van der Waals surface area (Å²) in [6.07, 6.45) is -4.21. The normalized spacial score (nSPS) is 17.0. The number of ether oxygens (including phenoxy) is 2. The minimum Gasteiger partial charge on any atom is -0.489 e. The second-order valence-electron chi connectivity index (χ2n) is 5.99. The zero-order chi connectivity index (χ0) is 19.6. The molecule has 144 valence electrons. The van der Waals surface area contributed by atoms with Crippen LogP contribution in [0.1, 0.15) is 6.42 Å². The number of alkyl halides is 3. The van der Waals surface area contributed by atoms with Crippen molar-refractivity contribution >= 4 is 17.1 Å². The highest BCUT2D eigenvalue weighted by Crippen LogP contribution is 2.30. The molecule has 1 heterocycles. The van der Waals surface area contributed by atoms with Gasteiger partial charge in [-0.2, -0.15) is 0 Å². The molecule has 1 atom stereocenters. The fourth-order valence-electron chi connectivity index (χ4n) is 2.88. The summed E-state index contributed by atoms with van der Waals surface area (Å²) in [5.74, 6) is 0.115. The molecular weight excluding hydrogens is 367 g/mol. The molecule has 1 aliphatic heterocycles. The van der Waals surface area contributed by atoms with Gasteiger partial charge in [0.15, 0.2) is 0 Å². The fraction of sp³-hybridized carbons (Fsp3) is 0.294. The Morgan fingerprint density at radius 3 is 2.41 bits per heavy atom. The van der Waals surface area contributed by atoms with E-state index < -0.39 is 11.3 Å². The van der Waals surface area contributed by atoms with Crippen LogP contribution in [0, 0.1) is 10.1 Å². The number of nitro benzene ring substituents is 1. The number of benzene rings is 2. The van der Waals surface area contributed by atoms with Crippen LogP contribution in [-0.4, -0.2) is 30.5 Å². The largest absolute Gasteiger partial charge is 0.573 e. The maximum Gasteiger partial charge on any atom is 0.573 e. The van der Waals surface area contributed by atoms with Gasteiger partial charge in [-0.3, -0.25) is 10.1 Å². The fourth-order valence-corrected chi connectivity index (χ4v) is 2.88. The molecule has 0 radical (unpaired) electrons. The Bertz CT molecular complexity index is 827. The summed E-state index contributed by atoms with van der Waals surface area (Å²) < 4.78 is 46.1. The molecule has 1 fully saturated rings. The molecule has 2 N–H and O–H groups in total. The van der Waals surface area contributed by atoms with Crippen molar-refractivity contribution in [1.82, 2.24) is 0 Å². The minimum atomic E-state index is -4.74. The topological polar surface area (TPSA) is 90.9 Å². The maximum atomic E-state index is 12.2. The molecule has 10 heteroatoms. The van der Waals surface area contributed by atoms with E-state index in [1.807, 2.05) is 4.90 Å². The first-order chi connectivity index (χ1) is 12.7. The van der Waals surface area contributed by atoms with Crippen molar-refractivity contribution < 1.29 is 27.6 Å². The first-order valence-electron chi connectivity index (χ1n) is 8.02. The molecule has 0 aliphatic carbocycles. The van der Waals surface area contributed by atoms with E-state index in [-0.39, 0.29) is 23.2 Å². The number of nitrogens with two attached hydrogens (primary N) is 1. The lowest BCUT2D eigenvalue weighted by Crippen LogP contribution is -2.24. The number of nitro groups is 1. The number of hydrogen-bond acceptors (Lipinski definition) is 6. The highest BCUT2D eigenvalue weighted by atomic mass is 19.4. The molecule has 2 aromatic rings. The summed E-state index contributed by atoms with van der Waals surface area (Å²) in [7, 11) is 0. The van der Waals surface area contributed by atoms with E-state index in [2.05, 4.69) is 4.74 Å². The molecule has 0 aromatic heterocycles. The van der Waals surface area contributed by atoms with Gasteiger partial charge < -0.3 is 20.1 Å². The van der Waals surface area contributed by atoms with Crippen LogP contribution in [0.2, 0.25) is 0 Å². The lowest BCUT2D eigenvalue weighted by molar-refractivity contribution is -0.383. The Morgan fingerprint density at radius 2 is 1.81 bits per heavy atom. The molecule has 1 saturated heterocycles. The Balaban J connectivity index is 1.60. The van der Waals surface area contributed by atoms with Gasteiger partial charge in [0.25, 0.3) is 5.69 Å². The smallest absolute Gasteiger partial charge is 0.489 e. The van der Waals surface area contributed by atoms with E-state index in [0.717, 1.165) is 5.69 Å². The van der Waals surface area contributed by atoms with Gasteiger partial charge >= 0.3 is 6.36 Å². The summed E-state index contributed by atoms with van der Waals surface area (Å²) in [5, 5.41) is 10.8. The zero-order valence-corrected chi connectivity index (χ0v) is 14.0. The van der Waals surface area contributed by atoms with E-state index in [0.29, 0.717) is 25.3 Å². The van der Waals surface area contributed by atoms with E-state index in [4.69, 9.17) is 10.5 Å². The third kappa shape index (κ3) is 4.72. The molecule has 0 amide bonds. The number of nitrogen functional groups attached to an aromatic ring is 1. The van der Waals surface area contributed by atoms with Crippen LogP contribution in [0.25, 0.3) is 0 Å². The van der Waals surface area contributed by atoms with Crippen LogP contribution >= 0.6 is 0 Å². The molecule has 7 nitrogen and oxygen atoms in total. The van der Waals surface area contributed by atoms with Crippen molar-refractivity contribution in [1.29, 1.82) is 0 Å². The van der Waals surface area contributed by atoms with E-state index in [9.17, 15) is 23.3 Å². The number of anilines is 2. The summed E-state index contributed by atoms with van der Waals surface area (Å²) in [4.78, 5) is 12.3. The molecule has 0 spiro atoms. The molecule has 0 saturated carbocycles. The van der Waals surface area contributed by atoms with Crippen molar-refractivity contribution in [2.24, 2.45) is 0 Å². The molecule has 27 heavy (non-hydrogen) atoms. The van der Waals surface area contributed by atoms with E-state index in [1.54, 1.807) is 12.1 Å². The summed E-state index contributed by atoms with van der Waals surface area (Å²) in [6, 6.07) is 9.72. The van der Waals surface area contributed by atoms with Crippen LogP contribution in [-0.2, 0) is 0 Å². The van der Waals surface area contributed by atoms with Crippen LogP contribution in [0.15, 0.2) is 42.5 Å². The van der Waals surface area contributed by atoms with E-state index in [1.165, 1.54) is 30.3 Å². The summed E-state index contributed by atoms with van der Waals surface area (Å²) in [6.45, 7) is 1.19. The predicted octanol–water partition coefficient (Wildman–Crippen LogP) is 3.73. The highest BCUT2D eigenvalue weighted by Gasteiger charge is 2.31. The van der Waals surface area contributed by atoms with Gasteiger partial charge in [0.05, 0.1) is 11.5 Å². The van der Waals surface area contributed by atoms with Crippen LogP contribution in [0.5, 0.6) is 11.5 Å². The first-order valence-corrected chi connectivity index (χ1v) is 8.02. The second-order valence-corrected chi connectivity index (χ2v) is 5.99. The molecule has 0 bridgehead atoms. The van der Waals surface area contributed by atoms with Crippen LogP contribution in [0.3, 0.4) is 0 Å². The van der Waals surface area contributed by atoms with Crippen molar-refractivity contribution in [2.75, 3.05) is 23.7 Å². The van der Waals surface area contributed by atoms with Crippen molar-refractivity contribution in [2.45, 2.75) is 18.9 Å². The number of nitrogens with zero attached hydrogens (tertiary/aromatic N) is 2. The van der Waals surface area contributed by atoms with Crippen molar-refractivity contribution in [3.05, 3.63) is 52.6 Å². The zero-order valence-electron chi connectivity index (χ0n) is 14.0. The SMILES string of the molecule is Nc1cc(N2CCC(Oc3ccc(OC(F)(F)F)cc3)C2)ccc1[N+](=O)[O-]. The average molecular weight is 383 g/mol. The molecule has 1 unspecified atom stereocenters. The summed E-state index contributed by atoms with van der Waals surface area (Å²) in [5.41, 5.74) is 6.40. The number of halogens is 3. The lowest BCUT2D eigenvalue weighted by atomic mass is 10.2.